The van der Waals surface area contributed by atoms with Gasteiger partial charge in [-0.25, -0.2) is 13.4 Å². The first kappa shape index (κ1) is 25.1. The van der Waals surface area contributed by atoms with E-state index >= 15 is 0 Å². The highest BCUT2D eigenvalue weighted by Crippen LogP contribution is 2.34. The second-order valence-corrected chi connectivity index (χ2v) is 12.2. The molecule has 0 bridgehead atoms. The standard InChI is InChI=1S/C24H23N5O2S3.CH4/c1-28(15-18-8-3-4-11-25-18)16-19-14-26-24(33-19)20-13-17-7-5-9-21(23(17)27-20)29(2)34(30,31)22-10-6-12-32-22;/h3-14,27H,15-16H2,1-2H3;1H4. The lowest BCUT2D eigenvalue weighted by atomic mass is 10.2. The smallest absolute Gasteiger partial charge is 0.273 e. The predicted molar refractivity (Wildman–Crippen MR) is 145 cm³/mol. The van der Waals surface area contributed by atoms with Gasteiger partial charge in [-0.05, 0) is 42.8 Å². The van der Waals surface area contributed by atoms with Crippen LogP contribution in [0, 0.1) is 0 Å². The minimum absolute atomic E-state index is 0. The van der Waals surface area contributed by atoms with Crippen molar-refractivity contribution in [3.05, 3.63) is 82.9 Å². The van der Waals surface area contributed by atoms with E-state index in [1.807, 2.05) is 48.7 Å². The Labute approximate surface area is 213 Å². The highest BCUT2D eigenvalue weighted by atomic mass is 32.2. The number of H-pyrrole nitrogens is 1. The number of para-hydroxylation sites is 1. The summed E-state index contributed by atoms with van der Waals surface area (Å²) in [5, 5.41) is 3.57. The number of thiophene rings is 1. The van der Waals surface area contributed by atoms with E-state index in [-0.39, 0.29) is 7.43 Å². The quantitative estimate of drug-likeness (QED) is 0.275. The van der Waals surface area contributed by atoms with Gasteiger partial charge in [-0.3, -0.25) is 14.2 Å². The highest BCUT2D eigenvalue weighted by molar-refractivity contribution is 7.94. The lowest BCUT2D eigenvalue weighted by molar-refractivity contribution is 0.318. The minimum atomic E-state index is -3.62. The molecule has 35 heavy (non-hydrogen) atoms. The van der Waals surface area contributed by atoms with Crippen LogP contribution in [0.2, 0.25) is 0 Å². The summed E-state index contributed by atoms with van der Waals surface area (Å²) in [6.45, 7) is 1.52. The highest BCUT2D eigenvalue weighted by Gasteiger charge is 2.24. The van der Waals surface area contributed by atoms with Gasteiger partial charge in [0.25, 0.3) is 10.0 Å². The number of benzene rings is 1. The Morgan fingerprint density at radius 2 is 1.86 bits per heavy atom. The zero-order chi connectivity index (χ0) is 23.7. The molecule has 0 spiro atoms. The number of hydrogen-bond acceptors (Lipinski definition) is 7. The molecule has 5 rings (SSSR count). The predicted octanol–water partition coefficient (Wildman–Crippen LogP) is 5.84. The van der Waals surface area contributed by atoms with E-state index < -0.39 is 10.0 Å². The van der Waals surface area contributed by atoms with Crippen LogP contribution >= 0.6 is 22.7 Å². The summed E-state index contributed by atoms with van der Waals surface area (Å²) >= 11 is 2.84. The molecule has 1 N–H and O–H groups in total. The minimum Gasteiger partial charge on any atom is -0.351 e. The number of thiazole rings is 1. The van der Waals surface area contributed by atoms with Crippen molar-refractivity contribution in [1.29, 1.82) is 0 Å². The molecule has 7 nitrogen and oxygen atoms in total. The molecular formula is C25H27N5O2S3. The van der Waals surface area contributed by atoms with E-state index in [2.05, 4.69) is 26.9 Å². The summed E-state index contributed by atoms with van der Waals surface area (Å²) in [6, 6.07) is 17.0. The third kappa shape index (κ3) is 5.15. The first-order valence-electron chi connectivity index (χ1n) is 10.6. The largest absolute Gasteiger partial charge is 0.351 e. The maximum atomic E-state index is 13.1. The van der Waals surface area contributed by atoms with E-state index in [1.165, 1.54) is 15.6 Å². The first-order valence-corrected chi connectivity index (χ1v) is 13.7. The molecule has 182 valence electrons. The fourth-order valence-electron chi connectivity index (χ4n) is 3.79. The van der Waals surface area contributed by atoms with Crippen molar-refractivity contribution in [2.24, 2.45) is 0 Å². The molecule has 0 aliphatic heterocycles. The molecule has 10 heteroatoms. The third-order valence-electron chi connectivity index (χ3n) is 5.45. The van der Waals surface area contributed by atoms with Crippen LogP contribution in [0.15, 0.2) is 76.6 Å². The summed E-state index contributed by atoms with van der Waals surface area (Å²) in [5.41, 5.74) is 3.26. The van der Waals surface area contributed by atoms with Gasteiger partial charge in [0, 0.05) is 42.8 Å². The molecule has 1 aromatic carbocycles. The van der Waals surface area contributed by atoms with Crippen molar-refractivity contribution in [2.45, 2.75) is 24.7 Å². The summed E-state index contributed by atoms with van der Waals surface area (Å²) in [7, 11) is 0.0267. The molecule has 0 aliphatic carbocycles. The van der Waals surface area contributed by atoms with Crippen molar-refractivity contribution >= 4 is 49.3 Å². The monoisotopic (exact) mass is 525 g/mol. The number of aromatic nitrogens is 3. The second kappa shape index (κ2) is 10.3. The van der Waals surface area contributed by atoms with E-state index in [4.69, 9.17) is 0 Å². The Bertz CT molecular complexity index is 1510. The maximum Gasteiger partial charge on any atom is 0.273 e. The summed E-state index contributed by atoms with van der Waals surface area (Å²) in [4.78, 5) is 15.8. The van der Waals surface area contributed by atoms with Crippen molar-refractivity contribution in [3.63, 3.8) is 0 Å². The van der Waals surface area contributed by atoms with Gasteiger partial charge in [0.2, 0.25) is 0 Å². The number of fused-ring (bicyclic) bond motifs is 1. The lowest BCUT2D eigenvalue weighted by Crippen LogP contribution is -2.26. The van der Waals surface area contributed by atoms with Gasteiger partial charge in [-0.15, -0.1) is 22.7 Å². The number of nitrogens with zero attached hydrogens (tertiary/aromatic N) is 4. The number of anilines is 1. The van der Waals surface area contributed by atoms with E-state index in [9.17, 15) is 8.42 Å². The third-order valence-corrected chi connectivity index (χ3v) is 9.61. The molecule has 0 saturated heterocycles. The Balaban J connectivity index is 0.00000289. The average molecular weight is 526 g/mol. The Morgan fingerprint density at radius 1 is 1.00 bits per heavy atom. The van der Waals surface area contributed by atoms with E-state index in [0.717, 1.165) is 45.3 Å². The van der Waals surface area contributed by atoms with Crippen molar-refractivity contribution < 1.29 is 8.42 Å². The number of sulfonamides is 1. The van der Waals surface area contributed by atoms with Gasteiger partial charge in [0.15, 0.2) is 0 Å². The molecule has 4 aromatic heterocycles. The van der Waals surface area contributed by atoms with Crippen LogP contribution in [-0.4, -0.2) is 42.4 Å². The molecule has 0 unspecified atom stereocenters. The molecule has 0 atom stereocenters. The average Bonchev–Trinajstić information content (AvgIpc) is 3.59. The number of pyridine rings is 1. The van der Waals surface area contributed by atoms with Crippen molar-refractivity contribution in [2.75, 3.05) is 18.4 Å². The van der Waals surface area contributed by atoms with Crippen LogP contribution in [0.5, 0.6) is 0 Å². The Morgan fingerprint density at radius 3 is 2.60 bits per heavy atom. The van der Waals surface area contributed by atoms with Crippen LogP contribution < -0.4 is 4.31 Å². The van der Waals surface area contributed by atoms with Crippen molar-refractivity contribution in [1.82, 2.24) is 19.9 Å². The van der Waals surface area contributed by atoms with Gasteiger partial charge < -0.3 is 4.98 Å². The molecule has 0 fully saturated rings. The van der Waals surface area contributed by atoms with E-state index in [0.29, 0.717) is 9.90 Å². The van der Waals surface area contributed by atoms with E-state index in [1.54, 1.807) is 42.1 Å². The maximum absolute atomic E-state index is 13.1. The SMILES string of the molecule is C.CN(Cc1ccccn1)Cc1cnc(-c2cc3cccc(N(C)S(=O)(=O)c4cccs4)c3[nH]2)s1. The number of nitrogens with one attached hydrogen (secondary N) is 1. The summed E-state index contributed by atoms with van der Waals surface area (Å²) in [5.74, 6) is 0. The van der Waals surface area contributed by atoms with Crippen LogP contribution in [0.3, 0.4) is 0 Å². The number of rotatable bonds is 8. The van der Waals surface area contributed by atoms with Gasteiger partial charge in [0.05, 0.1) is 22.6 Å². The fourth-order valence-corrected chi connectivity index (χ4v) is 7.12. The van der Waals surface area contributed by atoms with Crippen LogP contribution in [0.4, 0.5) is 5.69 Å². The first-order chi connectivity index (χ1) is 16.4. The molecule has 0 aliphatic rings. The summed E-state index contributed by atoms with van der Waals surface area (Å²) in [6.07, 6.45) is 3.70. The Kier molecular flexibility index (Phi) is 7.36. The van der Waals surface area contributed by atoms with Crippen LogP contribution in [-0.2, 0) is 23.1 Å². The zero-order valence-corrected chi connectivity index (χ0v) is 21.1. The number of hydrogen-bond donors (Lipinski definition) is 1. The zero-order valence-electron chi connectivity index (χ0n) is 18.7. The normalized spacial score (nSPS) is 11.6. The second-order valence-electron chi connectivity index (χ2n) is 7.95. The lowest BCUT2D eigenvalue weighted by Gasteiger charge is -2.19. The van der Waals surface area contributed by atoms with Gasteiger partial charge in [-0.2, -0.15) is 0 Å². The summed E-state index contributed by atoms with van der Waals surface area (Å²) < 4.78 is 27.8. The Hall–Kier alpha value is -3.05. The molecular weight excluding hydrogens is 499 g/mol. The molecule has 5 aromatic rings. The molecule has 4 heterocycles. The molecule has 0 amide bonds. The van der Waals surface area contributed by atoms with Gasteiger partial charge >= 0.3 is 0 Å². The van der Waals surface area contributed by atoms with Gasteiger partial charge in [-0.1, -0.05) is 31.7 Å². The topological polar surface area (TPSA) is 82.2 Å². The van der Waals surface area contributed by atoms with Crippen LogP contribution in [0.25, 0.3) is 21.6 Å². The van der Waals surface area contributed by atoms with Crippen molar-refractivity contribution in [3.8, 4) is 10.7 Å². The fraction of sp³-hybridized carbons (Fsp3) is 0.200. The molecule has 0 radical (unpaired) electrons. The number of aromatic amines is 1. The van der Waals surface area contributed by atoms with Gasteiger partial charge in [0.1, 0.15) is 9.22 Å². The molecule has 0 saturated carbocycles. The van der Waals surface area contributed by atoms with Crippen LogP contribution in [0.1, 0.15) is 18.0 Å².